The molecule has 0 saturated carbocycles. The summed E-state index contributed by atoms with van der Waals surface area (Å²) in [7, 11) is 0. The van der Waals surface area contributed by atoms with Crippen molar-refractivity contribution in [2.45, 2.75) is 27.3 Å². The predicted molar refractivity (Wildman–Crippen MR) is 79.4 cm³/mol. The van der Waals surface area contributed by atoms with Crippen molar-refractivity contribution in [1.29, 1.82) is 0 Å². The minimum atomic E-state index is -0.288. The van der Waals surface area contributed by atoms with E-state index in [1.165, 1.54) is 34.4 Å². The van der Waals surface area contributed by atoms with Gasteiger partial charge in [-0.25, -0.2) is 4.39 Å². The number of rotatable bonds is 3. The van der Waals surface area contributed by atoms with Gasteiger partial charge in [0.25, 0.3) is 0 Å². The van der Waals surface area contributed by atoms with Crippen molar-refractivity contribution in [3.05, 3.63) is 63.4 Å². The van der Waals surface area contributed by atoms with Gasteiger partial charge in [-0.05, 0) is 61.2 Å². The van der Waals surface area contributed by atoms with Crippen LogP contribution in [0.4, 0.5) is 10.1 Å². The Morgan fingerprint density at radius 1 is 1.00 bits per heavy atom. The molecular weight excluding hydrogens is 261 g/mol. The molecule has 0 saturated heterocycles. The molecule has 0 unspecified atom stereocenters. The maximum absolute atomic E-state index is 13.2. The molecule has 0 aromatic heterocycles. The highest BCUT2D eigenvalue weighted by Crippen LogP contribution is 2.24. The van der Waals surface area contributed by atoms with Crippen molar-refractivity contribution < 1.29 is 4.39 Å². The lowest BCUT2D eigenvalue weighted by atomic mass is 10.0. The number of benzene rings is 2. The van der Waals surface area contributed by atoms with Crippen LogP contribution in [0.25, 0.3) is 0 Å². The first-order chi connectivity index (χ1) is 8.97. The summed E-state index contributed by atoms with van der Waals surface area (Å²) in [6, 6.07) is 8.66. The standard InChI is InChI=1S/C16H17ClFN/c1-10-6-12(3)13(7-11(10)2)9-19-16-8-14(18)4-5-15(16)17/h4-8,19H,9H2,1-3H3. The molecular formula is C16H17ClFN. The van der Waals surface area contributed by atoms with Gasteiger partial charge < -0.3 is 5.32 Å². The van der Waals surface area contributed by atoms with Gasteiger partial charge in [0.05, 0.1) is 10.7 Å². The molecule has 1 nitrogen and oxygen atoms in total. The zero-order valence-electron chi connectivity index (χ0n) is 11.3. The van der Waals surface area contributed by atoms with Crippen molar-refractivity contribution in [2.24, 2.45) is 0 Å². The molecule has 0 bridgehead atoms. The van der Waals surface area contributed by atoms with Gasteiger partial charge in [-0.1, -0.05) is 23.7 Å². The minimum Gasteiger partial charge on any atom is -0.380 e. The lowest BCUT2D eigenvalue weighted by molar-refractivity contribution is 0.628. The molecule has 3 heteroatoms. The average Bonchev–Trinajstić information content (AvgIpc) is 2.36. The van der Waals surface area contributed by atoms with E-state index in [1.807, 2.05) is 0 Å². The van der Waals surface area contributed by atoms with Gasteiger partial charge >= 0.3 is 0 Å². The Balaban J connectivity index is 2.19. The van der Waals surface area contributed by atoms with Gasteiger partial charge in [0.2, 0.25) is 0 Å². The van der Waals surface area contributed by atoms with E-state index >= 15 is 0 Å². The largest absolute Gasteiger partial charge is 0.380 e. The van der Waals surface area contributed by atoms with Crippen molar-refractivity contribution in [3.63, 3.8) is 0 Å². The molecule has 0 amide bonds. The summed E-state index contributed by atoms with van der Waals surface area (Å²) in [4.78, 5) is 0. The molecule has 1 N–H and O–H groups in total. The highest BCUT2D eigenvalue weighted by molar-refractivity contribution is 6.33. The van der Waals surface area contributed by atoms with Gasteiger partial charge in [0.15, 0.2) is 0 Å². The van der Waals surface area contributed by atoms with Crippen LogP contribution in [-0.4, -0.2) is 0 Å². The molecule has 0 heterocycles. The molecule has 0 radical (unpaired) electrons. The number of anilines is 1. The fourth-order valence-corrected chi connectivity index (χ4v) is 2.22. The van der Waals surface area contributed by atoms with Crippen LogP contribution in [0.1, 0.15) is 22.3 Å². The molecule has 0 aliphatic heterocycles. The molecule has 0 fully saturated rings. The topological polar surface area (TPSA) is 12.0 Å². The molecule has 0 spiro atoms. The fourth-order valence-electron chi connectivity index (χ4n) is 2.03. The van der Waals surface area contributed by atoms with Gasteiger partial charge in [-0.15, -0.1) is 0 Å². The first kappa shape index (κ1) is 13.9. The van der Waals surface area contributed by atoms with Crippen LogP contribution in [-0.2, 0) is 6.54 Å². The highest BCUT2D eigenvalue weighted by atomic mass is 35.5. The molecule has 2 aromatic carbocycles. The average molecular weight is 278 g/mol. The van der Waals surface area contributed by atoms with Crippen LogP contribution in [0.5, 0.6) is 0 Å². The van der Waals surface area contributed by atoms with E-state index in [9.17, 15) is 4.39 Å². The third-order valence-electron chi connectivity index (χ3n) is 3.35. The number of nitrogens with one attached hydrogen (secondary N) is 1. The van der Waals surface area contributed by atoms with Crippen molar-refractivity contribution in [1.82, 2.24) is 0 Å². The Bertz CT molecular complexity index is 608. The van der Waals surface area contributed by atoms with Crippen molar-refractivity contribution >= 4 is 17.3 Å². The second-order valence-electron chi connectivity index (χ2n) is 4.84. The SMILES string of the molecule is Cc1cc(C)c(CNc2cc(F)ccc2Cl)cc1C. The Morgan fingerprint density at radius 3 is 2.42 bits per heavy atom. The number of hydrogen-bond donors (Lipinski definition) is 1. The summed E-state index contributed by atoms with van der Waals surface area (Å²) >= 11 is 6.03. The summed E-state index contributed by atoms with van der Waals surface area (Å²) in [5.41, 5.74) is 5.59. The quantitative estimate of drug-likeness (QED) is 0.831. The first-order valence-corrected chi connectivity index (χ1v) is 6.61. The number of halogens is 2. The predicted octanol–water partition coefficient (Wildman–Crippen LogP) is 5.02. The maximum Gasteiger partial charge on any atom is 0.125 e. The van der Waals surface area contributed by atoms with Crippen LogP contribution in [0.2, 0.25) is 5.02 Å². The minimum absolute atomic E-state index is 0.288. The highest BCUT2D eigenvalue weighted by Gasteiger charge is 2.05. The summed E-state index contributed by atoms with van der Waals surface area (Å²) in [6.45, 7) is 6.91. The third kappa shape index (κ3) is 3.27. The Morgan fingerprint density at radius 2 is 1.68 bits per heavy atom. The second kappa shape index (κ2) is 5.62. The molecule has 2 aromatic rings. The van der Waals surface area contributed by atoms with E-state index in [1.54, 1.807) is 6.07 Å². The smallest absolute Gasteiger partial charge is 0.125 e. The molecule has 19 heavy (non-hydrogen) atoms. The van der Waals surface area contributed by atoms with Crippen LogP contribution in [0.3, 0.4) is 0 Å². The van der Waals surface area contributed by atoms with Crippen LogP contribution < -0.4 is 5.32 Å². The normalized spacial score (nSPS) is 10.6. The van der Waals surface area contributed by atoms with E-state index in [0.29, 0.717) is 17.3 Å². The Hall–Kier alpha value is -1.54. The van der Waals surface area contributed by atoms with Crippen molar-refractivity contribution in [3.8, 4) is 0 Å². The monoisotopic (exact) mass is 277 g/mol. The molecule has 2 rings (SSSR count). The van der Waals surface area contributed by atoms with E-state index in [-0.39, 0.29) is 5.82 Å². The lowest BCUT2D eigenvalue weighted by Crippen LogP contribution is -2.03. The summed E-state index contributed by atoms with van der Waals surface area (Å²) in [5, 5.41) is 3.72. The van der Waals surface area contributed by atoms with E-state index in [0.717, 1.165) is 0 Å². The van der Waals surface area contributed by atoms with Gasteiger partial charge in [-0.2, -0.15) is 0 Å². The molecule has 0 aliphatic rings. The molecule has 100 valence electrons. The third-order valence-corrected chi connectivity index (χ3v) is 3.68. The zero-order chi connectivity index (χ0) is 14.0. The molecule has 0 aliphatic carbocycles. The molecule has 0 atom stereocenters. The number of aryl methyl sites for hydroxylation is 3. The maximum atomic E-state index is 13.2. The van der Waals surface area contributed by atoms with Gasteiger partial charge in [0.1, 0.15) is 5.82 Å². The summed E-state index contributed by atoms with van der Waals surface area (Å²) in [6.07, 6.45) is 0. The first-order valence-electron chi connectivity index (χ1n) is 6.23. The van der Waals surface area contributed by atoms with E-state index < -0.39 is 0 Å². The van der Waals surface area contributed by atoms with E-state index in [2.05, 4.69) is 38.2 Å². The lowest BCUT2D eigenvalue weighted by Gasteiger charge is -2.13. The Kier molecular flexibility index (Phi) is 4.11. The Labute approximate surface area is 118 Å². The van der Waals surface area contributed by atoms with Gasteiger partial charge in [0, 0.05) is 6.54 Å². The van der Waals surface area contributed by atoms with Crippen molar-refractivity contribution in [2.75, 3.05) is 5.32 Å². The van der Waals surface area contributed by atoms with Crippen LogP contribution in [0.15, 0.2) is 30.3 Å². The second-order valence-corrected chi connectivity index (χ2v) is 5.25. The summed E-state index contributed by atoms with van der Waals surface area (Å²) < 4.78 is 13.2. The van der Waals surface area contributed by atoms with Crippen LogP contribution >= 0.6 is 11.6 Å². The fraction of sp³-hybridized carbons (Fsp3) is 0.250. The number of hydrogen-bond acceptors (Lipinski definition) is 1. The summed E-state index contributed by atoms with van der Waals surface area (Å²) in [5.74, 6) is -0.288. The zero-order valence-corrected chi connectivity index (χ0v) is 12.1. The van der Waals surface area contributed by atoms with Crippen LogP contribution in [0, 0.1) is 26.6 Å². The van der Waals surface area contributed by atoms with Gasteiger partial charge in [-0.3, -0.25) is 0 Å². The van der Waals surface area contributed by atoms with E-state index in [4.69, 9.17) is 11.6 Å².